The van der Waals surface area contributed by atoms with Crippen LogP contribution in [0.1, 0.15) is 17.7 Å². The van der Waals surface area contributed by atoms with Crippen LogP contribution in [0.2, 0.25) is 0 Å². The van der Waals surface area contributed by atoms with Gasteiger partial charge in [0.15, 0.2) is 0 Å². The molecule has 4 rings (SSSR count). The zero-order valence-electron chi connectivity index (χ0n) is 16.6. The summed E-state index contributed by atoms with van der Waals surface area (Å²) in [6.07, 6.45) is 0. The van der Waals surface area contributed by atoms with E-state index in [0.717, 1.165) is 15.4 Å². The predicted molar refractivity (Wildman–Crippen MR) is 129 cm³/mol. The Balaban J connectivity index is 1.41. The molecule has 0 aromatic heterocycles. The van der Waals surface area contributed by atoms with Crippen molar-refractivity contribution in [2.75, 3.05) is 0 Å². The van der Waals surface area contributed by atoms with Crippen LogP contribution in [0.15, 0.2) is 134 Å². The molecule has 0 aliphatic rings. The molecule has 0 N–H and O–H groups in total. The van der Waals surface area contributed by atoms with E-state index in [1.54, 1.807) is 23.5 Å². The van der Waals surface area contributed by atoms with Gasteiger partial charge in [-0.15, -0.1) is 0 Å². The Labute approximate surface area is 189 Å². The van der Waals surface area contributed by atoms with Crippen molar-refractivity contribution in [3.05, 3.63) is 115 Å². The molecule has 0 amide bonds. The van der Waals surface area contributed by atoms with E-state index in [2.05, 4.69) is 60.7 Å². The topological polar surface area (TPSA) is 17.1 Å². The fraction of sp³-hybridized carbons (Fsp3) is 0.0769. The first-order valence-electron chi connectivity index (χ1n) is 9.75. The summed E-state index contributed by atoms with van der Waals surface area (Å²) in [6, 6.07) is 37.1. The zero-order valence-corrected chi connectivity index (χ0v) is 19.1. The second-order valence-corrected chi connectivity index (χ2v) is 10.9. The Kier molecular flexibility index (Phi) is 7.11. The monoisotopic (exact) mass is 446 g/mol. The number of benzene rings is 4. The van der Waals surface area contributed by atoms with Crippen LogP contribution in [0, 0.1) is 0 Å². The van der Waals surface area contributed by atoms with Gasteiger partial charge >= 0.3 is 0 Å². The van der Waals surface area contributed by atoms with Crippen LogP contribution in [0.5, 0.6) is 0 Å². The lowest BCUT2D eigenvalue weighted by atomic mass is 10.2. The predicted octanol–water partition coefficient (Wildman–Crippen LogP) is 7.86. The van der Waals surface area contributed by atoms with Crippen LogP contribution < -0.4 is 0 Å². The molecule has 4 aromatic carbocycles. The maximum atomic E-state index is 13.1. The van der Waals surface area contributed by atoms with Gasteiger partial charge in [0, 0.05) is 24.5 Å². The van der Waals surface area contributed by atoms with Gasteiger partial charge in [0.2, 0.25) is 0 Å². The second-order valence-electron chi connectivity index (χ2n) is 6.81. The van der Waals surface area contributed by atoms with E-state index in [9.17, 15) is 4.21 Å². The molecular formula is C26H22OS3. The standard InChI is InChI=1S/C26H22OS3/c1-20(21-12-14-24(15-13-21)28-22-8-4-2-5-9-22)30(27)26-18-16-25(17-19-26)29-23-10-6-3-7-11-23/h2-20H,1H3. The van der Waals surface area contributed by atoms with E-state index in [4.69, 9.17) is 0 Å². The molecule has 2 atom stereocenters. The maximum Gasteiger partial charge on any atom is 0.0615 e. The molecule has 0 aliphatic carbocycles. The highest BCUT2D eigenvalue weighted by molar-refractivity contribution is 7.99. The van der Waals surface area contributed by atoms with Gasteiger partial charge in [0.1, 0.15) is 0 Å². The van der Waals surface area contributed by atoms with Crippen molar-refractivity contribution < 1.29 is 4.21 Å². The Morgan fingerprint density at radius 1 is 0.567 bits per heavy atom. The summed E-state index contributed by atoms with van der Waals surface area (Å²) in [6.45, 7) is 2.03. The first-order valence-corrected chi connectivity index (χ1v) is 12.6. The Bertz CT molecular complexity index is 1090. The summed E-state index contributed by atoms with van der Waals surface area (Å²) in [4.78, 5) is 5.62. The van der Waals surface area contributed by atoms with Crippen LogP contribution in [-0.2, 0) is 10.8 Å². The largest absolute Gasteiger partial charge is 0.254 e. The summed E-state index contributed by atoms with van der Waals surface area (Å²) < 4.78 is 13.1. The van der Waals surface area contributed by atoms with Crippen molar-refractivity contribution >= 4 is 34.3 Å². The highest BCUT2D eigenvalue weighted by atomic mass is 32.2. The molecule has 4 aromatic rings. The third-order valence-corrected chi connectivity index (χ3v) is 8.37. The molecule has 30 heavy (non-hydrogen) atoms. The summed E-state index contributed by atoms with van der Waals surface area (Å²) in [5.41, 5.74) is 1.09. The molecule has 0 saturated carbocycles. The molecule has 0 fully saturated rings. The minimum absolute atomic E-state index is 0.0617. The third-order valence-electron chi connectivity index (χ3n) is 4.68. The molecule has 4 heteroatoms. The minimum atomic E-state index is -1.09. The van der Waals surface area contributed by atoms with E-state index >= 15 is 0 Å². The molecule has 2 unspecified atom stereocenters. The van der Waals surface area contributed by atoms with Crippen LogP contribution in [-0.4, -0.2) is 4.21 Å². The molecule has 0 radical (unpaired) electrons. The van der Waals surface area contributed by atoms with Crippen molar-refractivity contribution in [1.82, 2.24) is 0 Å². The van der Waals surface area contributed by atoms with E-state index in [0.29, 0.717) is 0 Å². The van der Waals surface area contributed by atoms with E-state index in [-0.39, 0.29) is 5.25 Å². The van der Waals surface area contributed by atoms with Crippen LogP contribution >= 0.6 is 23.5 Å². The molecule has 1 nitrogen and oxygen atoms in total. The van der Waals surface area contributed by atoms with Gasteiger partial charge in [-0.1, -0.05) is 72.1 Å². The minimum Gasteiger partial charge on any atom is -0.254 e. The van der Waals surface area contributed by atoms with E-state index in [1.165, 1.54) is 14.7 Å². The van der Waals surface area contributed by atoms with Gasteiger partial charge in [-0.3, -0.25) is 4.21 Å². The van der Waals surface area contributed by atoms with Crippen molar-refractivity contribution in [3.8, 4) is 0 Å². The lowest BCUT2D eigenvalue weighted by Gasteiger charge is -2.13. The molecule has 0 bridgehead atoms. The van der Waals surface area contributed by atoms with Crippen molar-refractivity contribution in [3.63, 3.8) is 0 Å². The highest BCUT2D eigenvalue weighted by Gasteiger charge is 2.16. The van der Waals surface area contributed by atoms with Crippen molar-refractivity contribution in [2.24, 2.45) is 0 Å². The van der Waals surface area contributed by atoms with Gasteiger partial charge in [0.25, 0.3) is 0 Å². The lowest BCUT2D eigenvalue weighted by molar-refractivity contribution is 0.676. The second kappa shape index (κ2) is 10.2. The lowest BCUT2D eigenvalue weighted by Crippen LogP contribution is -2.03. The molecular weight excluding hydrogens is 424 g/mol. The van der Waals surface area contributed by atoms with Gasteiger partial charge in [0.05, 0.1) is 16.0 Å². The van der Waals surface area contributed by atoms with Crippen molar-refractivity contribution in [2.45, 2.75) is 36.7 Å². The molecule has 0 aliphatic heterocycles. The zero-order chi connectivity index (χ0) is 20.8. The normalized spacial score (nSPS) is 13.0. The Morgan fingerprint density at radius 3 is 1.43 bits per heavy atom. The van der Waals surface area contributed by atoms with Gasteiger partial charge in [-0.2, -0.15) is 0 Å². The summed E-state index contributed by atoms with van der Waals surface area (Å²) in [7, 11) is -1.09. The first kappa shape index (κ1) is 21.0. The summed E-state index contributed by atoms with van der Waals surface area (Å²) >= 11 is 3.45. The molecule has 0 spiro atoms. The van der Waals surface area contributed by atoms with Gasteiger partial charge in [-0.25, -0.2) is 0 Å². The summed E-state index contributed by atoms with van der Waals surface area (Å²) in [5.74, 6) is 0. The highest BCUT2D eigenvalue weighted by Crippen LogP contribution is 2.32. The fourth-order valence-corrected chi connectivity index (χ4v) is 5.92. The van der Waals surface area contributed by atoms with Crippen molar-refractivity contribution in [1.29, 1.82) is 0 Å². The van der Waals surface area contributed by atoms with E-state index < -0.39 is 10.8 Å². The Morgan fingerprint density at radius 2 is 0.967 bits per heavy atom. The van der Waals surface area contributed by atoms with Crippen LogP contribution in [0.4, 0.5) is 0 Å². The quantitative estimate of drug-likeness (QED) is 0.288. The maximum absolute atomic E-state index is 13.1. The smallest absolute Gasteiger partial charge is 0.0615 e. The fourth-order valence-electron chi connectivity index (χ4n) is 3.03. The third kappa shape index (κ3) is 5.45. The van der Waals surface area contributed by atoms with Gasteiger partial charge < -0.3 is 0 Å². The van der Waals surface area contributed by atoms with Gasteiger partial charge in [-0.05, 0) is 73.2 Å². The summed E-state index contributed by atoms with van der Waals surface area (Å²) in [5, 5.41) is -0.0617. The SMILES string of the molecule is CC(c1ccc(Sc2ccccc2)cc1)S(=O)c1ccc(Sc2ccccc2)cc1. The average molecular weight is 447 g/mol. The molecule has 0 heterocycles. The molecule has 0 saturated heterocycles. The average Bonchev–Trinajstić information content (AvgIpc) is 2.80. The molecule has 150 valence electrons. The first-order chi connectivity index (χ1) is 14.7. The number of hydrogen-bond acceptors (Lipinski definition) is 3. The van der Waals surface area contributed by atoms with Crippen LogP contribution in [0.25, 0.3) is 0 Å². The number of rotatable bonds is 7. The number of hydrogen-bond donors (Lipinski definition) is 0. The van der Waals surface area contributed by atoms with Crippen LogP contribution in [0.3, 0.4) is 0 Å². The Hall–Kier alpha value is -2.27. The van der Waals surface area contributed by atoms with E-state index in [1.807, 2.05) is 55.5 Å².